The molecule has 6 nitrogen and oxygen atoms in total. The standard InChI is InChI=1S/C13H15N3O3S/c1-3-16-6-4-5-10(16)11(17)14-8(2)12-15-9(7-20-12)13(18)19/h4-8H,3H2,1-2H3,(H,14,17)(H,18,19). The molecule has 2 heterocycles. The van der Waals surface area contributed by atoms with Crippen molar-refractivity contribution in [3.8, 4) is 0 Å². The summed E-state index contributed by atoms with van der Waals surface area (Å²) in [6, 6.07) is 3.23. The van der Waals surface area contributed by atoms with Crippen molar-refractivity contribution in [1.29, 1.82) is 0 Å². The lowest BCUT2D eigenvalue weighted by Crippen LogP contribution is -2.28. The second kappa shape index (κ2) is 5.87. The molecular formula is C13H15N3O3S. The number of aromatic nitrogens is 2. The lowest BCUT2D eigenvalue weighted by atomic mass is 10.3. The number of aryl methyl sites for hydroxylation is 1. The fourth-order valence-corrected chi connectivity index (χ4v) is 2.61. The van der Waals surface area contributed by atoms with Crippen LogP contribution in [0.15, 0.2) is 23.7 Å². The van der Waals surface area contributed by atoms with Crippen LogP contribution in [0.1, 0.15) is 45.9 Å². The molecule has 0 bridgehead atoms. The minimum absolute atomic E-state index is 0.00281. The van der Waals surface area contributed by atoms with Gasteiger partial charge in [0.2, 0.25) is 0 Å². The van der Waals surface area contributed by atoms with Gasteiger partial charge in [-0.05, 0) is 26.0 Å². The Morgan fingerprint density at radius 1 is 1.55 bits per heavy atom. The van der Waals surface area contributed by atoms with Gasteiger partial charge in [0.25, 0.3) is 5.91 Å². The molecule has 106 valence electrons. The molecule has 0 aliphatic carbocycles. The first kappa shape index (κ1) is 14.3. The lowest BCUT2D eigenvalue weighted by molar-refractivity contribution is 0.0691. The molecule has 1 unspecified atom stereocenters. The van der Waals surface area contributed by atoms with Crippen molar-refractivity contribution >= 4 is 23.2 Å². The van der Waals surface area contributed by atoms with Crippen molar-refractivity contribution in [1.82, 2.24) is 14.9 Å². The summed E-state index contributed by atoms with van der Waals surface area (Å²) in [5, 5.41) is 13.7. The normalized spacial score (nSPS) is 12.1. The van der Waals surface area contributed by atoms with Crippen LogP contribution in [0.5, 0.6) is 0 Å². The van der Waals surface area contributed by atoms with Gasteiger partial charge in [-0.2, -0.15) is 0 Å². The Morgan fingerprint density at radius 2 is 2.30 bits per heavy atom. The Bertz CT molecular complexity index is 632. The maximum absolute atomic E-state index is 12.1. The molecule has 0 saturated carbocycles. The number of nitrogens with one attached hydrogen (secondary N) is 1. The molecule has 0 spiro atoms. The number of rotatable bonds is 5. The number of hydrogen-bond donors (Lipinski definition) is 2. The van der Waals surface area contributed by atoms with E-state index in [4.69, 9.17) is 5.11 Å². The summed E-state index contributed by atoms with van der Waals surface area (Å²) in [5.74, 6) is -1.26. The number of thiazole rings is 1. The molecular weight excluding hydrogens is 278 g/mol. The van der Waals surface area contributed by atoms with E-state index in [1.807, 2.05) is 23.8 Å². The van der Waals surface area contributed by atoms with E-state index in [1.54, 1.807) is 13.0 Å². The van der Waals surface area contributed by atoms with E-state index in [0.717, 1.165) is 0 Å². The summed E-state index contributed by atoms with van der Waals surface area (Å²) in [7, 11) is 0. The average molecular weight is 293 g/mol. The van der Waals surface area contributed by atoms with Crippen LogP contribution in [-0.2, 0) is 6.54 Å². The topological polar surface area (TPSA) is 84.2 Å². The first-order chi connectivity index (χ1) is 9.52. The second-order valence-corrected chi connectivity index (χ2v) is 5.14. The number of aromatic carboxylic acids is 1. The van der Waals surface area contributed by atoms with Crippen LogP contribution in [0, 0.1) is 0 Å². The average Bonchev–Trinajstić information content (AvgIpc) is 3.07. The highest BCUT2D eigenvalue weighted by atomic mass is 32.1. The largest absolute Gasteiger partial charge is 0.476 e. The Hall–Kier alpha value is -2.15. The predicted molar refractivity (Wildman–Crippen MR) is 75.1 cm³/mol. The molecule has 1 atom stereocenters. The van der Waals surface area contributed by atoms with E-state index in [2.05, 4.69) is 10.3 Å². The summed E-state index contributed by atoms with van der Waals surface area (Å²) in [5.41, 5.74) is 0.581. The van der Waals surface area contributed by atoms with E-state index in [-0.39, 0.29) is 17.6 Å². The zero-order chi connectivity index (χ0) is 14.7. The quantitative estimate of drug-likeness (QED) is 0.884. The molecule has 7 heteroatoms. The van der Waals surface area contributed by atoms with Crippen molar-refractivity contribution in [3.05, 3.63) is 40.1 Å². The van der Waals surface area contributed by atoms with Gasteiger partial charge in [0.1, 0.15) is 10.7 Å². The lowest BCUT2D eigenvalue weighted by Gasteiger charge is -2.12. The van der Waals surface area contributed by atoms with Crippen molar-refractivity contribution in [2.45, 2.75) is 26.4 Å². The fraction of sp³-hybridized carbons (Fsp3) is 0.308. The zero-order valence-electron chi connectivity index (χ0n) is 11.2. The summed E-state index contributed by atoms with van der Waals surface area (Å²) >= 11 is 1.22. The summed E-state index contributed by atoms with van der Waals surface area (Å²) in [6.45, 7) is 4.45. The van der Waals surface area contributed by atoms with Crippen LogP contribution in [0.2, 0.25) is 0 Å². The van der Waals surface area contributed by atoms with E-state index >= 15 is 0 Å². The Labute approximate surface area is 120 Å². The van der Waals surface area contributed by atoms with Crippen LogP contribution in [0.4, 0.5) is 0 Å². The SMILES string of the molecule is CCn1cccc1C(=O)NC(C)c1nc(C(=O)O)cs1. The van der Waals surface area contributed by atoms with Crippen LogP contribution in [0.3, 0.4) is 0 Å². The van der Waals surface area contributed by atoms with Crippen molar-refractivity contribution < 1.29 is 14.7 Å². The Morgan fingerprint density at radius 3 is 2.90 bits per heavy atom. The third kappa shape index (κ3) is 2.88. The summed E-state index contributed by atoms with van der Waals surface area (Å²) in [6.07, 6.45) is 1.84. The highest BCUT2D eigenvalue weighted by molar-refractivity contribution is 7.09. The van der Waals surface area contributed by atoms with E-state index in [1.165, 1.54) is 16.7 Å². The molecule has 2 rings (SSSR count). The van der Waals surface area contributed by atoms with Gasteiger partial charge in [0.05, 0.1) is 6.04 Å². The molecule has 0 radical (unpaired) electrons. The Kier molecular flexibility index (Phi) is 4.19. The number of carbonyl (C=O) groups excluding carboxylic acids is 1. The number of amides is 1. The first-order valence-corrected chi connectivity index (χ1v) is 7.05. The van der Waals surface area contributed by atoms with Gasteiger partial charge in [-0.15, -0.1) is 11.3 Å². The molecule has 1 amide bonds. The highest BCUT2D eigenvalue weighted by Crippen LogP contribution is 2.18. The van der Waals surface area contributed by atoms with Crippen LogP contribution >= 0.6 is 11.3 Å². The molecule has 2 aromatic rings. The molecule has 0 aliphatic heterocycles. The summed E-state index contributed by atoms with van der Waals surface area (Å²) < 4.78 is 1.84. The molecule has 0 aliphatic rings. The number of carboxylic acids is 1. The van der Waals surface area contributed by atoms with E-state index < -0.39 is 5.97 Å². The van der Waals surface area contributed by atoms with Gasteiger partial charge in [0.15, 0.2) is 5.69 Å². The number of carboxylic acid groups (broad SMARTS) is 1. The zero-order valence-corrected chi connectivity index (χ0v) is 12.0. The van der Waals surface area contributed by atoms with Gasteiger partial charge in [0, 0.05) is 18.1 Å². The van der Waals surface area contributed by atoms with Gasteiger partial charge in [-0.25, -0.2) is 9.78 Å². The maximum atomic E-state index is 12.1. The third-order valence-electron chi connectivity index (χ3n) is 2.86. The van der Waals surface area contributed by atoms with Crippen molar-refractivity contribution in [2.24, 2.45) is 0 Å². The van der Waals surface area contributed by atoms with Crippen LogP contribution in [0.25, 0.3) is 0 Å². The van der Waals surface area contributed by atoms with Gasteiger partial charge < -0.3 is 15.0 Å². The number of carbonyl (C=O) groups is 2. The molecule has 2 N–H and O–H groups in total. The van der Waals surface area contributed by atoms with Gasteiger partial charge >= 0.3 is 5.97 Å². The van der Waals surface area contributed by atoms with E-state index in [9.17, 15) is 9.59 Å². The molecule has 0 saturated heterocycles. The van der Waals surface area contributed by atoms with E-state index in [0.29, 0.717) is 17.2 Å². The van der Waals surface area contributed by atoms with Gasteiger partial charge in [-0.1, -0.05) is 0 Å². The fourth-order valence-electron chi connectivity index (χ4n) is 1.81. The predicted octanol–water partition coefficient (Wildman–Crippen LogP) is 2.15. The van der Waals surface area contributed by atoms with Crippen molar-refractivity contribution in [3.63, 3.8) is 0 Å². The van der Waals surface area contributed by atoms with Crippen LogP contribution < -0.4 is 5.32 Å². The number of hydrogen-bond acceptors (Lipinski definition) is 4. The second-order valence-electron chi connectivity index (χ2n) is 4.25. The maximum Gasteiger partial charge on any atom is 0.355 e. The van der Waals surface area contributed by atoms with Gasteiger partial charge in [-0.3, -0.25) is 4.79 Å². The van der Waals surface area contributed by atoms with Crippen molar-refractivity contribution in [2.75, 3.05) is 0 Å². The van der Waals surface area contributed by atoms with Crippen LogP contribution in [-0.4, -0.2) is 26.5 Å². The molecule has 2 aromatic heterocycles. The smallest absolute Gasteiger partial charge is 0.355 e. The minimum atomic E-state index is -1.06. The monoisotopic (exact) mass is 293 g/mol. The number of nitrogens with zero attached hydrogens (tertiary/aromatic N) is 2. The third-order valence-corrected chi connectivity index (χ3v) is 3.89. The Balaban J connectivity index is 2.09. The first-order valence-electron chi connectivity index (χ1n) is 6.17. The molecule has 0 aromatic carbocycles. The molecule has 20 heavy (non-hydrogen) atoms. The minimum Gasteiger partial charge on any atom is -0.476 e. The summed E-state index contributed by atoms with van der Waals surface area (Å²) in [4.78, 5) is 26.9. The molecule has 0 fully saturated rings. The highest BCUT2D eigenvalue weighted by Gasteiger charge is 2.18.